The molecule has 0 aromatic heterocycles. The van der Waals surface area contributed by atoms with Crippen molar-refractivity contribution >= 4 is 41.4 Å². The molecular weight excluding hydrogens is 833 g/mol. The summed E-state index contributed by atoms with van der Waals surface area (Å²) in [5.41, 5.74) is 2.77. The Balaban J connectivity index is 1.30. The van der Waals surface area contributed by atoms with Crippen LogP contribution in [0.15, 0.2) is 115 Å². The van der Waals surface area contributed by atoms with Gasteiger partial charge in [-0.1, -0.05) is 117 Å². The number of phenols is 1. The standard InChI is InChI=1S/C49H58N6O10/c1-30(2)26-37(45(60)54-43(31(3)56)49(64)65)52-44(59)38(27-32-14-7-4-8-15-32)51-41(58)29-50-46(61)40-20-13-25-55(40)48(63)39(28-33-21-23-36(57)24-22-33)53-47(62)42(34-16-9-5-10-17-34)35-18-11-6-12-19-35/h4-12,14-19,21-24,30-31,37-40,42-43,56-57H,13,20,25-29H2,1-3H3,(H,50,61)(H,51,58)(H,52,59)(H,53,62)(H,54,60)(H,64,65)/t31-,37+,38+,39+,40+,43+/m1/s1. The van der Waals surface area contributed by atoms with E-state index in [1.54, 1.807) is 56.3 Å². The molecule has 4 aromatic rings. The van der Waals surface area contributed by atoms with E-state index in [0.29, 0.717) is 17.5 Å². The van der Waals surface area contributed by atoms with Crippen molar-refractivity contribution in [3.8, 4) is 5.75 Å². The summed E-state index contributed by atoms with van der Waals surface area (Å²) in [6.45, 7) is 4.47. The van der Waals surface area contributed by atoms with Crippen LogP contribution in [0.25, 0.3) is 0 Å². The van der Waals surface area contributed by atoms with Crippen molar-refractivity contribution in [1.29, 1.82) is 0 Å². The van der Waals surface area contributed by atoms with E-state index in [-0.39, 0.29) is 43.9 Å². The normalized spacial score (nSPS) is 15.8. The molecule has 65 heavy (non-hydrogen) atoms. The maximum Gasteiger partial charge on any atom is 0.328 e. The summed E-state index contributed by atoms with van der Waals surface area (Å²) in [6.07, 6.45) is -0.496. The SMILES string of the molecule is CC(C)C[C@H](NC(=O)[C@H](Cc1ccccc1)NC(=O)CNC(=O)[C@@H]1CCCN1C(=O)[C@H](Cc1ccc(O)cc1)NC(=O)C(c1ccccc1)c1ccccc1)C(=O)N[C@H](C(=O)O)[C@@H](C)O. The summed E-state index contributed by atoms with van der Waals surface area (Å²) in [7, 11) is 0. The van der Waals surface area contributed by atoms with Crippen LogP contribution < -0.4 is 26.6 Å². The van der Waals surface area contributed by atoms with Crippen molar-refractivity contribution in [3.63, 3.8) is 0 Å². The van der Waals surface area contributed by atoms with Gasteiger partial charge >= 0.3 is 5.97 Å². The number of aliphatic hydroxyl groups excluding tert-OH is 1. The Labute approximate surface area is 378 Å². The average molecular weight is 891 g/mol. The first-order chi connectivity index (χ1) is 31.1. The van der Waals surface area contributed by atoms with Crippen LogP contribution in [-0.4, -0.2) is 111 Å². The number of amides is 6. The van der Waals surface area contributed by atoms with Gasteiger partial charge < -0.3 is 46.8 Å². The first-order valence-corrected chi connectivity index (χ1v) is 21.7. The fourth-order valence-electron chi connectivity index (χ4n) is 7.82. The minimum Gasteiger partial charge on any atom is -0.508 e. The maximum absolute atomic E-state index is 14.5. The van der Waals surface area contributed by atoms with E-state index >= 15 is 0 Å². The molecule has 0 unspecified atom stereocenters. The van der Waals surface area contributed by atoms with Crippen molar-refractivity contribution in [2.24, 2.45) is 5.92 Å². The number of rotatable bonds is 21. The lowest BCUT2D eigenvalue weighted by Crippen LogP contribution is -2.58. The molecule has 5 rings (SSSR count). The zero-order valence-electron chi connectivity index (χ0n) is 36.7. The van der Waals surface area contributed by atoms with Crippen LogP contribution in [0.1, 0.15) is 68.2 Å². The number of aliphatic hydroxyl groups is 1. The van der Waals surface area contributed by atoms with Crippen molar-refractivity contribution in [2.45, 2.75) is 95.1 Å². The number of likely N-dealkylation sites (tertiary alicyclic amines) is 1. The maximum atomic E-state index is 14.5. The first-order valence-electron chi connectivity index (χ1n) is 21.7. The molecule has 1 fully saturated rings. The Morgan fingerprint density at radius 1 is 0.646 bits per heavy atom. The molecular formula is C49H58N6O10. The zero-order chi connectivity index (χ0) is 47.0. The summed E-state index contributed by atoms with van der Waals surface area (Å²) in [6, 6.07) is 27.2. The number of carboxylic acid groups (broad SMARTS) is 1. The zero-order valence-corrected chi connectivity index (χ0v) is 36.7. The van der Waals surface area contributed by atoms with E-state index in [4.69, 9.17) is 0 Å². The second-order valence-corrected chi connectivity index (χ2v) is 16.7. The summed E-state index contributed by atoms with van der Waals surface area (Å²) in [5.74, 6) is -6.16. The number of aliphatic carboxylic acids is 1. The molecule has 0 aliphatic carbocycles. The van der Waals surface area contributed by atoms with Gasteiger partial charge in [0, 0.05) is 19.4 Å². The van der Waals surface area contributed by atoms with Gasteiger partial charge in [-0.25, -0.2) is 4.79 Å². The Kier molecular flexibility index (Phi) is 17.7. The molecule has 1 aliphatic heterocycles. The second-order valence-electron chi connectivity index (χ2n) is 16.7. The molecule has 6 amide bonds. The number of carboxylic acids is 1. The van der Waals surface area contributed by atoms with Crippen LogP contribution in [0, 0.1) is 5.92 Å². The Morgan fingerprint density at radius 3 is 1.72 bits per heavy atom. The highest BCUT2D eigenvalue weighted by Crippen LogP contribution is 2.26. The van der Waals surface area contributed by atoms with E-state index in [2.05, 4.69) is 26.6 Å². The smallest absolute Gasteiger partial charge is 0.328 e. The largest absolute Gasteiger partial charge is 0.508 e. The summed E-state index contributed by atoms with van der Waals surface area (Å²) in [4.78, 5) is 96.3. The summed E-state index contributed by atoms with van der Waals surface area (Å²) >= 11 is 0. The van der Waals surface area contributed by atoms with E-state index < -0.39 is 90.2 Å². The number of benzene rings is 4. The van der Waals surface area contributed by atoms with E-state index in [9.17, 15) is 48.9 Å². The van der Waals surface area contributed by atoms with Gasteiger partial charge in [0.15, 0.2) is 6.04 Å². The number of carbonyl (C=O) groups excluding carboxylic acids is 6. The molecule has 0 saturated carbocycles. The molecule has 16 nitrogen and oxygen atoms in total. The molecule has 4 aromatic carbocycles. The minimum absolute atomic E-state index is 0.00223. The Morgan fingerprint density at radius 2 is 1.17 bits per heavy atom. The lowest BCUT2D eigenvalue weighted by Gasteiger charge is -2.30. The molecule has 6 atom stereocenters. The van der Waals surface area contributed by atoms with E-state index in [1.165, 1.54) is 24.0 Å². The van der Waals surface area contributed by atoms with Crippen LogP contribution in [0.2, 0.25) is 0 Å². The minimum atomic E-state index is -1.63. The number of aromatic hydroxyl groups is 1. The van der Waals surface area contributed by atoms with E-state index in [1.807, 2.05) is 60.7 Å². The monoisotopic (exact) mass is 890 g/mol. The number of hydrogen-bond donors (Lipinski definition) is 8. The van der Waals surface area contributed by atoms with Crippen molar-refractivity contribution in [1.82, 2.24) is 31.5 Å². The second kappa shape index (κ2) is 23.6. The van der Waals surface area contributed by atoms with Crippen molar-refractivity contribution < 1.29 is 48.9 Å². The van der Waals surface area contributed by atoms with Gasteiger partial charge in [-0.2, -0.15) is 0 Å². The molecule has 344 valence electrons. The first kappa shape index (κ1) is 49.0. The number of nitrogens with one attached hydrogen (secondary N) is 5. The molecule has 1 heterocycles. The van der Waals surface area contributed by atoms with Crippen LogP contribution in [0.4, 0.5) is 0 Å². The lowest BCUT2D eigenvalue weighted by atomic mass is 9.90. The highest BCUT2D eigenvalue weighted by Gasteiger charge is 2.39. The third-order valence-electron chi connectivity index (χ3n) is 11.1. The highest BCUT2D eigenvalue weighted by molar-refractivity contribution is 5.97. The van der Waals surface area contributed by atoms with Gasteiger partial charge in [0.1, 0.15) is 29.9 Å². The number of hydrogen-bond acceptors (Lipinski definition) is 9. The highest BCUT2D eigenvalue weighted by atomic mass is 16.4. The van der Waals surface area contributed by atoms with Gasteiger partial charge in [-0.15, -0.1) is 0 Å². The summed E-state index contributed by atoms with van der Waals surface area (Å²) in [5, 5.41) is 42.5. The Bertz CT molecular complexity index is 2200. The molecule has 0 bridgehead atoms. The van der Waals surface area contributed by atoms with Gasteiger partial charge in [0.25, 0.3) is 0 Å². The van der Waals surface area contributed by atoms with Crippen molar-refractivity contribution in [2.75, 3.05) is 13.1 Å². The number of carbonyl (C=O) groups is 7. The third-order valence-corrected chi connectivity index (χ3v) is 11.1. The molecule has 8 N–H and O–H groups in total. The van der Waals surface area contributed by atoms with E-state index in [0.717, 1.165) is 11.1 Å². The quantitative estimate of drug-likeness (QED) is 0.0608. The van der Waals surface area contributed by atoms with Gasteiger partial charge in [-0.3, -0.25) is 28.8 Å². The molecule has 16 heteroatoms. The topological polar surface area (TPSA) is 244 Å². The predicted molar refractivity (Wildman–Crippen MR) is 241 cm³/mol. The van der Waals surface area contributed by atoms with Crippen LogP contribution in [0.5, 0.6) is 5.75 Å². The van der Waals surface area contributed by atoms with Gasteiger partial charge in [0.2, 0.25) is 35.4 Å². The van der Waals surface area contributed by atoms with Crippen molar-refractivity contribution in [3.05, 3.63) is 138 Å². The van der Waals surface area contributed by atoms with Crippen LogP contribution in [-0.2, 0) is 46.4 Å². The predicted octanol–water partition coefficient (Wildman–Crippen LogP) is 2.57. The Hall–Kier alpha value is -7.07. The molecule has 1 saturated heterocycles. The van der Waals surface area contributed by atoms with Gasteiger partial charge in [0.05, 0.1) is 18.6 Å². The summed E-state index contributed by atoms with van der Waals surface area (Å²) < 4.78 is 0. The molecule has 0 radical (unpaired) electrons. The lowest BCUT2D eigenvalue weighted by molar-refractivity contribution is -0.145. The fraction of sp³-hybridized carbons (Fsp3) is 0.367. The molecule has 1 aliphatic rings. The molecule has 0 spiro atoms. The number of nitrogens with zero attached hydrogens (tertiary/aromatic N) is 1. The third kappa shape index (κ3) is 14.2. The van der Waals surface area contributed by atoms with Crippen LogP contribution in [0.3, 0.4) is 0 Å². The van der Waals surface area contributed by atoms with Crippen LogP contribution >= 0.6 is 0 Å². The average Bonchev–Trinajstić information content (AvgIpc) is 3.78. The number of phenolic OH excluding ortho intramolecular Hbond substituents is 1. The fourth-order valence-corrected chi connectivity index (χ4v) is 7.82. The van der Waals surface area contributed by atoms with Gasteiger partial charge in [-0.05, 0) is 66.5 Å².